The molecule has 3 unspecified atom stereocenters. The van der Waals surface area contributed by atoms with Crippen molar-refractivity contribution in [3.05, 3.63) is 16.4 Å². The van der Waals surface area contributed by atoms with Crippen molar-refractivity contribution in [2.45, 2.75) is 58.7 Å². The fourth-order valence-corrected chi connectivity index (χ4v) is 3.23. The SMILES string of the molecule is CCC1OCCC1C(N)Cc1c(Cl)c(C)nn1CC. The van der Waals surface area contributed by atoms with Crippen LogP contribution in [0, 0.1) is 12.8 Å². The van der Waals surface area contributed by atoms with E-state index < -0.39 is 0 Å². The molecular weight excluding hydrogens is 262 g/mol. The van der Waals surface area contributed by atoms with Gasteiger partial charge >= 0.3 is 0 Å². The fourth-order valence-electron chi connectivity index (χ4n) is 3.01. The molecule has 1 aromatic rings. The Kier molecular flexibility index (Phi) is 4.87. The van der Waals surface area contributed by atoms with Gasteiger partial charge in [-0.05, 0) is 26.7 Å². The number of halogens is 1. The molecule has 0 amide bonds. The highest BCUT2D eigenvalue weighted by atomic mass is 35.5. The number of aryl methyl sites for hydroxylation is 2. The highest BCUT2D eigenvalue weighted by Gasteiger charge is 2.32. The van der Waals surface area contributed by atoms with Crippen molar-refractivity contribution in [3.8, 4) is 0 Å². The standard InChI is InChI=1S/C14H24ClN3O/c1-4-13-10(6-7-19-13)11(16)8-12-14(15)9(3)17-18(12)5-2/h10-11,13H,4-8,16H2,1-3H3. The van der Waals surface area contributed by atoms with E-state index in [0.29, 0.717) is 12.0 Å². The number of rotatable bonds is 5. The second-order valence-electron chi connectivity index (χ2n) is 5.30. The monoisotopic (exact) mass is 285 g/mol. The van der Waals surface area contributed by atoms with Crippen molar-refractivity contribution in [3.63, 3.8) is 0 Å². The van der Waals surface area contributed by atoms with Crippen LogP contribution >= 0.6 is 11.6 Å². The molecule has 1 aliphatic rings. The van der Waals surface area contributed by atoms with Gasteiger partial charge in [-0.3, -0.25) is 4.68 Å². The topological polar surface area (TPSA) is 53.1 Å². The van der Waals surface area contributed by atoms with Gasteiger partial charge in [0.05, 0.1) is 22.5 Å². The second-order valence-corrected chi connectivity index (χ2v) is 5.68. The van der Waals surface area contributed by atoms with Gasteiger partial charge in [0.15, 0.2) is 0 Å². The lowest BCUT2D eigenvalue weighted by atomic mass is 9.89. The van der Waals surface area contributed by atoms with E-state index in [2.05, 4.69) is 18.9 Å². The molecule has 1 aliphatic heterocycles. The minimum atomic E-state index is 0.0892. The molecule has 2 N–H and O–H groups in total. The van der Waals surface area contributed by atoms with E-state index in [1.807, 2.05) is 11.6 Å². The summed E-state index contributed by atoms with van der Waals surface area (Å²) in [6.45, 7) is 7.83. The van der Waals surface area contributed by atoms with E-state index in [9.17, 15) is 0 Å². The summed E-state index contributed by atoms with van der Waals surface area (Å²) in [5.74, 6) is 0.432. The van der Waals surface area contributed by atoms with Crippen molar-refractivity contribution in [2.75, 3.05) is 6.61 Å². The lowest BCUT2D eigenvalue weighted by molar-refractivity contribution is 0.0812. The molecule has 0 bridgehead atoms. The van der Waals surface area contributed by atoms with Crippen LogP contribution in [0.3, 0.4) is 0 Å². The van der Waals surface area contributed by atoms with Gasteiger partial charge in [-0.1, -0.05) is 18.5 Å². The molecular formula is C14H24ClN3O. The van der Waals surface area contributed by atoms with Crippen molar-refractivity contribution >= 4 is 11.6 Å². The Morgan fingerprint density at radius 2 is 2.26 bits per heavy atom. The predicted octanol–water partition coefficient (Wildman–Crippen LogP) is 2.55. The lowest BCUT2D eigenvalue weighted by Crippen LogP contribution is -2.37. The zero-order valence-electron chi connectivity index (χ0n) is 12.0. The maximum Gasteiger partial charge on any atom is 0.0847 e. The predicted molar refractivity (Wildman–Crippen MR) is 77.5 cm³/mol. The quantitative estimate of drug-likeness (QED) is 0.904. The van der Waals surface area contributed by atoms with Crippen molar-refractivity contribution < 1.29 is 4.74 Å². The first-order chi connectivity index (χ1) is 9.08. The third-order valence-corrected chi connectivity index (χ3v) is 4.59. The second kappa shape index (κ2) is 6.25. The van der Waals surface area contributed by atoms with Crippen LogP contribution in [-0.4, -0.2) is 28.5 Å². The van der Waals surface area contributed by atoms with Crippen molar-refractivity contribution in [2.24, 2.45) is 11.7 Å². The van der Waals surface area contributed by atoms with Gasteiger partial charge in [0.2, 0.25) is 0 Å². The highest BCUT2D eigenvalue weighted by Crippen LogP contribution is 2.29. The average Bonchev–Trinajstić information content (AvgIpc) is 2.98. The molecule has 4 nitrogen and oxygen atoms in total. The smallest absolute Gasteiger partial charge is 0.0847 e. The highest BCUT2D eigenvalue weighted by molar-refractivity contribution is 6.31. The first-order valence-electron chi connectivity index (χ1n) is 7.17. The van der Waals surface area contributed by atoms with Gasteiger partial charge < -0.3 is 10.5 Å². The summed E-state index contributed by atoms with van der Waals surface area (Å²) in [6, 6.07) is 0.0892. The maximum atomic E-state index is 6.40. The summed E-state index contributed by atoms with van der Waals surface area (Å²) >= 11 is 6.34. The molecule has 2 rings (SSSR count). The van der Waals surface area contributed by atoms with Crippen LogP contribution in [-0.2, 0) is 17.7 Å². The average molecular weight is 286 g/mol. The minimum Gasteiger partial charge on any atom is -0.378 e. The molecule has 0 aromatic carbocycles. The van der Waals surface area contributed by atoms with Crippen LogP contribution in [0.5, 0.6) is 0 Å². The number of nitrogens with zero attached hydrogens (tertiary/aromatic N) is 2. The van der Waals surface area contributed by atoms with Crippen LogP contribution in [0.2, 0.25) is 5.02 Å². The van der Waals surface area contributed by atoms with Crippen molar-refractivity contribution in [1.82, 2.24) is 9.78 Å². The van der Waals surface area contributed by atoms with Crippen LogP contribution in [0.1, 0.15) is 38.1 Å². The van der Waals surface area contributed by atoms with Gasteiger partial charge in [-0.2, -0.15) is 5.10 Å². The molecule has 1 saturated heterocycles. The summed E-state index contributed by atoms with van der Waals surface area (Å²) < 4.78 is 7.70. The van der Waals surface area contributed by atoms with Gasteiger partial charge in [-0.15, -0.1) is 0 Å². The summed E-state index contributed by atoms with van der Waals surface area (Å²) in [7, 11) is 0. The minimum absolute atomic E-state index is 0.0892. The maximum absolute atomic E-state index is 6.40. The van der Waals surface area contributed by atoms with Gasteiger partial charge in [0, 0.05) is 31.5 Å². The van der Waals surface area contributed by atoms with E-state index >= 15 is 0 Å². The Balaban J connectivity index is 2.12. The van der Waals surface area contributed by atoms with Crippen LogP contribution in [0.15, 0.2) is 0 Å². The number of ether oxygens (including phenoxy) is 1. The van der Waals surface area contributed by atoms with E-state index in [0.717, 1.165) is 48.8 Å². The summed E-state index contributed by atoms with van der Waals surface area (Å²) in [5, 5.41) is 5.21. The molecule has 0 spiro atoms. The van der Waals surface area contributed by atoms with E-state index in [-0.39, 0.29) is 6.04 Å². The van der Waals surface area contributed by atoms with Crippen molar-refractivity contribution in [1.29, 1.82) is 0 Å². The summed E-state index contributed by atoms with van der Waals surface area (Å²) in [6.07, 6.45) is 3.15. The zero-order chi connectivity index (χ0) is 14.0. The van der Waals surface area contributed by atoms with Gasteiger partial charge in [0.1, 0.15) is 0 Å². The third-order valence-electron chi connectivity index (χ3n) is 4.09. The first-order valence-corrected chi connectivity index (χ1v) is 7.55. The number of aromatic nitrogens is 2. The first kappa shape index (κ1) is 14.8. The Labute approximate surface area is 120 Å². The van der Waals surface area contributed by atoms with Gasteiger partial charge in [0.25, 0.3) is 0 Å². The Morgan fingerprint density at radius 1 is 1.53 bits per heavy atom. The zero-order valence-corrected chi connectivity index (χ0v) is 12.8. The molecule has 0 aliphatic carbocycles. The molecule has 19 heavy (non-hydrogen) atoms. The summed E-state index contributed by atoms with van der Waals surface area (Å²) in [4.78, 5) is 0. The summed E-state index contributed by atoms with van der Waals surface area (Å²) in [5.41, 5.74) is 8.35. The van der Waals surface area contributed by atoms with Crippen LogP contribution in [0.25, 0.3) is 0 Å². The van der Waals surface area contributed by atoms with Crippen LogP contribution < -0.4 is 5.73 Å². The Morgan fingerprint density at radius 3 is 2.89 bits per heavy atom. The number of hydrogen-bond acceptors (Lipinski definition) is 3. The molecule has 1 aromatic heterocycles. The number of hydrogen-bond donors (Lipinski definition) is 1. The molecule has 108 valence electrons. The third kappa shape index (κ3) is 2.96. The Hall–Kier alpha value is -0.580. The molecule has 2 heterocycles. The molecule has 1 fully saturated rings. The number of nitrogens with two attached hydrogens (primary N) is 1. The lowest BCUT2D eigenvalue weighted by Gasteiger charge is -2.24. The normalized spacial score (nSPS) is 24.9. The van der Waals surface area contributed by atoms with E-state index in [4.69, 9.17) is 22.1 Å². The molecule has 0 saturated carbocycles. The van der Waals surface area contributed by atoms with Gasteiger partial charge in [-0.25, -0.2) is 0 Å². The van der Waals surface area contributed by atoms with E-state index in [1.54, 1.807) is 0 Å². The molecule has 5 heteroatoms. The largest absolute Gasteiger partial charge is 0.378 e. The molecule has 0 radical (unpaired) electrons. The van der Waals surface area contributed by atoms with Crippen LogP contribution in [0.4, 0.5) is 0 Å². The van der Waals surface area contributed by atoms with E-state index in [1.165, 1.54) is 0 Å². The fraction of sp³-hybridized carbons (Fsp3) is 0.786. The Bertz CT molecular complexity index is 433. The molecule has 3 atom stereocenters.